The minimum Gasteiger partial charge on any atom is -0.365 e. The zero-order valence-electron chi connectivity index (χ0n) is 18.2. The van der Waals surface area contributed by atoms with Crippen LogP contribution >= 0.6 is 11.6 Å². The van der Waals surface area contributed by atoms with Gasteiger partial charge in [-0.05, 0) is 66.6 Å². The van der Waals surface area contributed by atoms with Gasteiger partial charge < -0.3 is 15.5 Å². The Kier molecular flexibility index (Phi) is 6.23. The lowest BCUT2D eigenvalue weighted by Crippen LogP contribution is -2.14. The SMILES string of the molecule is Cc1ccc2c(NCc3ccc(NC(=O)c4ccc(Cl)cc4)cc3)nc(N(C)C)nc2c1. The molecule has 0 fully saturated rings. The fourth-order valence-electron chi connectivity index (χ4n) is 3.26. The maximum atomic E-state index is 12.4. The molecule has 0 aliphatic carbocycles. The van der Waals surface area contributed by atoms with Crippen molar-refractivity contribution in [1.82, 2.24) is 9.97 Å². The van der Waals surface area contributed by atoms with Gasteiger partial charge in [0.05, 0.1) is 5.52 Å². The molecule has 0 bridgehead atoms. The van der Waals surface area contributed by atoms with Crippen LogP contribution in [0.4, 0.5) is 17.5 Å². The van der Waals surface area contributed by atoms with E-state index in [9.17, 15) is 4.79 Å². The first-order valence-electron chi connectivity index (χ1n) is 10.2. The maximum absolute atomic E-state index is 12.4. The van der Waals surface area contributed by atoms with Crippen molar-refractivity contribution < 1.29 is 4.79 Å². The van der Waals surface area contributed by atoms with Crippen molar-refractivity contribution in [2.75, 3.05) is 29.6 Å². The molecule has 0 aliphatic rings. The Hall–Kier alpha value is -3.64. The van der Waals surface area contributed by atoms with Gasteiger partial charge in [-0.25, -0.2) is 4.98 Å². The lowest BCUT2D eigenvalue weighted by molar-refractivity contribution is 0.102. The lowest BCUT2D eigenvalue weighted by Gasteiger charge is -2.15. The molecule has 4 aromatic rings. The largest absolute Gasteiger partial charge is 0.365 e. The summed E-state index contributed by atoms with van der Waals surface area (Å²) in [6.45, 7) is 2.65. The molecule has 4 rings (SSSR count). The monoisotopic (exact) mass is 445 g/mol. The van der Waals surface area contributed by atoms with Crippen LogP contribution in [-0.4, -0.2) is 30.0 Å². The summed E-state index contributed by atoms with van der Waals surface area (Å²) in [4.78, 5) is 23.6. The number of carbonyl (C=O) groups excluding carboxylic acids is 1. The van der Waals surface area contributed by atoms with E-state index in [-0.39, 0.29) is 5.91 Å². The van der Waals surface area contributed by atoms with E-state index >= 15 is 0 Å². The van der Waals surface area contributed by atoms with Gasteiger partial charge in [-0.15, -0.1) is 0 Å². The summed E-state index contributed by atoms with van der Waals surface area (Å²) in [5, 5.41) is 7.91. The van der Waals surface area contributed by atoms with E-state index in [1.54, 1.807) is 24.3 Å². The van der Waals surface area contributed by atoms with Crippen molar-refractivity contribution in [3.63, 3.8) is 0 Å². The third-order valence-electron chi connectivity index (χ3n) is 5.02. The Bertz CT molecular complexity index is 1250. The second-order valence-electron chi connectivity index (χ2n) is 7.80. The molecule has 0 saturated heterocycles. The number of nitrogens with zero attached hydrogens (tertiary/aromatic N) is 3. The van der Waals surface area contributed by atoms with Gasteiger partial charge in [0.15, 0.2) is 0 Å². The second kappa shape index (κ2) is 9.24. The van der Waals surface area contributed by atoms with Crippen LogP contribution in [0.5, 0.6) is 0 Å². The molecule has 1 aromatic heterocycles. The van der Waals surface area contributed by atoms with Crippen LogP contribution in [0.15, 0.2) is 66.7 Å². The molecule has 1 amide bonds. The van der Waals surface area contributed by atoms with E-state index in [1.165, 1.54) is 0 Å². The smallest absolute Gasteiger partial charge is 0.255 e. The second-order valence-corrected chi connectivity index (χ2v) is 8.24. The van der Waals surface area contributed by atoms with Crippen LogP contribution in [0.1, 0.15) is 21.5 Å². The van der Waals surface area contributed by atoms with Gasteiger partial charge in [0.2, 0.25) is 5.95 Å². The predicted molar refractivity (Wildman–Crippen MR) is 132 cm³/mol. The Morgan fingerprint density at radius 3 is 2.38 bits per heavy atom. The van der Waals surface area contributed by atoms with E-state index in [0.29, 0.717) is 23.1 Å². The molecule has 0 saturated carbocycles. The average molecular weight is 446 g/mol. The van der Waals surface area contributed by atoms with E-state index in [1.807, 2.05) is 49.3 Å². The zero-order valence-corrected chi connectivity index (χ0v) is 18.9. The summed E-state index contributed by atoms with van der Waals surface area (Å²) in [6.07, 6.45) is 0. The standard InChI is InChI=1S/C25H24ClN5O/c1-16-4-13-21-22(14-16)29-25(31(2)3)30-23(21)27-15-17-5-11-20(12-6-17)28-24(32)18-7-9-19(26)10-8-18/h4-14H,15H2,1-3H3,(H,28,32)(H,27,29,30). The van der Waals surface area contributed by atoms with Crippen LogP contribution in [0, 0.1) is 6.92 Å². The van der Waals surface area contributed by atoms with E-state index in [0.717, 1.165) is 33.5 Å². The van der Waals surface area contributed by atoms with Gasteiger partial charge in [0.1, 0.15) is 5.82 Å². The first-order valence-corrected chi connectivity index (χ1v) is 10.6. The Labute approximate surface area is 192 Å². The van der Waals surface area contributed by atoms with Crippen LogP contribution in [0.2, 0.25) is 5.02 Å². The summed E-state index contributed by atoms with van der Waals surface area (Å²) in [5.74, 6) is 1.27. The first kappa shape index (κ1) is 21.6. The highest BCUT2D eigenvalue weighted by Crippen LogP contribution is 2.24. The predicted octanol–water partition coefficient (Wildman–Crippen LogP) is 5.52. The molecular weight excluding hydrogens is 422 g/mol. The molecule has 0 radical (unpaired) electrons. The molecule has 3 aromatic carbocycles. The normalized spacial score (nSPS) is 10.8. The van der Waals surface area contributed by atoms with Crippen molar-refractivity contribution in [2.45, 2.75) is 13.5 Å². The summed E-state index contributed by atoms with van der Waals surface area (Å²) in [7, 11) is 3.86. The number of anilines is 3. The van der Waals surface area contributed by atoms with Gasteiger partial charge in [-0.1, -0.05) is 29.8 Å². The molecule has 6 nitrogen and oxygen atoms in total. The highest BCUT2D eigenvalue weighted by molar-refractivity contribution is 6.30. The van der Waals surface area contributed by atoms with Gasteiger partial charge in [-0.2, -0.15) is 4.98 Å². The van der Waals surface area contributed by atoms with Crippen molar-refractivity contribution in [3.8, 4) is 0 Å². The molecule has 162 valence electrons. The van der Waals surface area contributed by atoms with E-state index in [2.05, 4.69) is 39.7 Å². The fraction of sp³-hybridized carbons (Fsp3) is 0.160. The molecule has 32 heavy (non-hydrogen) atoms. The number of hydrogen-bond acceptors (Lipinski definition) is 5. The van der Waals surface area contributed by atoms with Crippen molar-refractivity contribution >= 4 is 45.9 Å². The fourth-order valence-corrected chi connectivity index (χ4v) is 3.38. The van der Waals surface area contributed by atoms with Crippen molar-refractivity contribution in [1.29, 1.82) is 0 Å². The molecule has 0 unspecified atom stereocenters. The molecular formula is C25H24ClN5O. The topological polar surface area (TPSA) is 70.2 Å². The first-order chi connectivity index (χ1) is 15.4. The summed E-state index contributed by atoms with van der Waals surface area (Å²) < 4.78 is 0. The van der Waals surface area contributed by atoms with Gasteiger partial charge in [0.25, 0.3) is 5.91 Å². The van der Waals surface area contributed by atoms with Crippen LogP contribution in [0.25, 0.3) is 10.9 Å². The number of aromatic nitrogens is 2. The molecule has 0 atom stereocenters. The number of aryl methyl sites for hydroxylation is 1. The average Bonchev–Trinajstić information content (AvgIpc) is 2.78. The number of halogens is 1. The highest BCUT2D eigenvalue weighted by atomic mass is 35.5. The van der Waals surface area contributed by atoms with Gasteiger partial charge >= 0.3 is 0 Å². The highest BCUT2D eigenvalue weighted by Gasteiger charge is 2.10. The molecule has 1 heterocycles. The third kappa shape index (κ3) is 4.98. The summed E-state index contributed by atoms with van der Waals surface area (Å²) in [6, 6.07) is 20.7. The number of fused-ring (bicyclic) bond motifs is 1. The van der Waals surface area contributed by atoms with Crippen LogP contribution in [-0.2, 0) is 6.54 Å². The maximum Gasteiger partial charge on any atom is 0.255 e. The van der Waals surface area contributed by atoms with Crippen LogP contribution < -0.4 is 15.5 Å². The Morgan fingerprint density at radius 1 is 0.969 bits per heavy atom. The number of benzene rings is 3. The van der Waals surface area contributed by atoms with Gasteiger partial charge in [-0.3, -0.25) is 4.79 Å². The number of amides is 1. The van der Waals surface area contributed by atoms with Crippen molar-refractivity contribution in [3.05, 3.63) is 88.4 Å². The third-order valence-corrected chi connectivity index (χ3v) is 5.27. The molecule has 0 spiro atoms. The molecule has 0 aliphatic heterocycles. The quantitative estimate of drug-likeness (QED) is 0.408. The number of nitrogens with one attached hydrogen (secondary N) is 2. The Balaban J connectivity index is 1.47. The summed E-state index contributed by atoms with van der Waals surface area (Å²) >= 11 is 5.88. The zero-order chi connectivity index (χ0) is 22.7. The minimum atomic E-state index is -0.175. The lowest BCUT2D eigenvalue weighted by atomic mass is 10.1. The number of carbonyl (C=O) groups is 1. The Morgan fingerprint density at radius 2 is 1.69 bits per heavy atom. The number of hydrogen-bond donors (Lipinski definition) is 2. The van der Waals surface area contributed by atoms with E-state index < -0.39 is 0 Å². The van der Waals surface area contributed by atoms with Crippen LogP contribution in [0.3, 0.4) is 0 Å². The molecule has 7 heteroatoms. The van der Waals surface area contributed by atoms with Crippen molar-refractivity contribution in [2.24, 2.45) is 0 Å². The van der Waals surface area contributed by atoms with Gasteiger partial charge in [0, 0.05) is 42.3 Å². The summed E-state index contributed by atoms with van der Waals surface area (Å²) in [5.41, 5.74) is 4.42. The van der Waals surface area contributed by atoms with E-state index in [4.69, 9.17) is 11.6 Å². The number of rotatable bonds is 6. The minimum absolute atomic E-state index is 0.175. The molecule has 2 N–H and O–H groups in total.